The van der Waals surface area contributed by atoms with Crippen LogP contribution < -0.4 is 0 Å². The lowest BCUT2D eigenvalue weighted by atomic mass is 9.92. The topological polar surface area (TPSA) is 57.6 Å². The van der Waals surface area contributed by atoms with E-state index in [0.29, 0.717) is 6.42 Å². The lowest BCUT2D eigenvalue weighted by Gasteiger charge is -2.31. The molecule has 4 nitrogen and oxygen atoms in total. The van der Waals surface area contributed by atoms with E-state index in [1.165, 1.54) is 16.7 Å². The first kappa shape index (κ1) is 12.9. The number of rotatable bonds is 3. The van der Waals surface area contributed by atoms with E-state index in [1.54, 1.807) is 0 Å². The second-order valence-corrected chi connectivity index (χ2v) is 6.83. The van der Waals surface area contributed by atoms with E-state index >= 15 is 0 Å². The summed E-state index contributed by atoms with van der Waals surface area (Å²) in [5, 5.41) is 9.11. The van der Waals surface area contributed by atoms with E-state index in [1.807, 2.05) is 30.3 Å². The van der Waals surface area contributed by atoms with Crippen LogP contribution in [0, 0.1) is 5.92 Å². The molecule has 2 fully saturated rings. The highest BCUT2D eigenvalue weighted by atomic mass is 32.2. The monoisotopic (exact) mass is 295 g/mol. The SMILES string of the molecule is O=C(O)C1C(Cc2ccccc2)C2SC(S)N1C2=O. The number of hydrogen-bond donors (Lipinski definition) is 2. The summed E-state index contributed by atoms with van der Waals surface area (Å²) < 4.78 is -0.328. The van der Waals surface area contributed by atoms with Gasteiger partial charge in [-0.3, -0.25) is 4.79 Å². The molecule has 0 saturated carbocycles. The molecule has 2 aliphatic heterocycles. The third kappa shape index (κ3) is 2.03. The third-order valence-corrected chi connectivity index (χ3v) is 5.59. The number of aliphatic carboxylic acids is 1. The zero-order chi connectivity index (χ0) is 13.6. The Labute approximate surface area is 120 Å². The van der Waals surface area contributed by atoms with Gasteiger partial charge in [0.15, 0.2) is 0 Å². The van der Waals surface area contributed by atoms with Crippen LogP contribution in [0.25, 0.3) is 0 Å². The number of carboxylic acids is 1. The second-order valence-electron chi connectivity index (χ2n) is 4.77. The van der Waals surface area contributed by atoms with Crippen LogP contribution in [0.4, 0.5) is 0 Å². The van der Waals surface area contributed by atoms with Gasteiger partial charge in [0, 0.05) is 5.92 Å². The second kappa shape index (κ2) is 4.76. The maximum atomic E-state index is 12.1. The van der Waals surface area contributed by atoms with Crippen molar-refractivity contribution in [2.75, 3.05) is 0 Å². The molecule has 19 heavy (non-hydrogen) atoms. The highest BCUT2D eigenvalue weighted by Gasteiger charge is 2.59. The number of carboxylic acid groups (broad SMARTS) is 1. The number of carbonyl (C=O) groups is 2. The van der Waals surface area contributed by atoms with E-state index in [-0.39, 0.29) is 21.8 Å². The summed E-state index contributed by atoms with van der Waals surface area (Å²) in [5.41, 5.74) is 1.07. The molecule has 3 rings (SSSR count). The molecule has 6 heteroatoms. The summed E-state index contributed by atoms with van der Waals surface area (Å²) in [7, 11) is 0. The summed E-state index contributed by atoms with van der Waals surface area (Å²) in [6.07, 6.45) is 0.609. The van der Waals surface area contributed by atoms with Gasteiger partial charge in [0.25, 0.3) is 0 Å². The number of fused-ring (bicyclic) bond motifs is 2. The molecule has 1 N–H and O–H groups in total. The molecule has 4 unspecified atom stereocenters. The van der Waals surface area contributed by atoms with Crippen molar-refractivity contribution in [1.82, 2.24) is 4.90 Å². The lowest BCUT2D eigenvalue weighted by Crippen LogP contribution is -2.45. The predicted molar refractivity (Wildman–Crippen MR) is 76.1 cm³/mol. The Hall–Kier alpha value is -1.14. The third-order valence-electron chi connectivity index (χ3n) is 3.67. The fourth-order valence-corrected chi connectivity index (χ4v) is 4.81. The molecule has 1 aromatic rings. The molecule has 0 spiro atoms. The van der Waals surface area contributed by atoms with Gasteiger partial charge in [-0.15, -0.1) is 24.4 Å². The van der Waals surface area contributed by atoms with Crippen LogP contribution in [-0.2, 0) is 16.0 Å². The van der Waals surface area contributed by atoms with Gasteiger partial charge in [-0.25, -0.2) is 4.79 Å². The summed E-state index contributed by atoms with van der Waals surface area (Å²) in [6, 6.07) is 8.96. The molecule has 2 saturated heterocycles. The first-order chi connectivity index (χ1) is 9.09. The Bertz CT molecular complexity index is 522. The van der Waals surface area contributed by atoms with Gasteiger partial charge < -0.3 is 10.0 Å². The van der Waals surface area contributed by atoms with E-state index in [4.69, 9.17) is 0 Å². The molecule has 1 amide bonds. The lowest BCUT2D eigenvalue weighted by molar-refractivity contribution is -0.146. The summed E-state index contributed by atoms with van der Waals surface area (Å²) in [5.74, 6) is -1.20. The fourth-order valence-electron chi connectivity index (χ4n) is 2.85. The number of thioether (sulfide) groups is 1. The number of thiol groups is 1. The Kier molecular flexibility index (Phi) is 3.22. The van der Waals surface area contributed by atoms with Gasteiger partial charge in [0.2, 0.25) is 5.91 Å². The molecule has 100 valence electrons. The van der Waals surface area contributed by atoms with E-state index < -0.39 is 12.0 Å². The molecule has 2 bridgehead atoms. The van der Waals surface area contributed by atoms with E-state index in [0.717, 1.165) is 5.56 Å². The number of carbonyl (C=O) groups excluding carboxylic acids is 1. The number of nitrogens with zero attached hydrogens (tertiary/aromatic N) is 1. The molecule has 0 radical (unpaired) electrons. The van der Waals surface area contributed by atoms with Crippen LogP contribution >= 0.6 is 24.4 Å². The van der Waals surface area contributed by atoms with Crippen molar-refractivity contribution in [1.29, 1.82) is 0 Å². The van der Waals surface area contributed by atoms with Crippen molar-refractivity contribution >= 4 is 36.3 Å². The highest BCUT2D eigenvalue weighted by Crippen LogP contribution is 2.48. The molecule has 1 aromatic carbocycles. The van der Waals surface area contributed by atoms with Crippen molar-refractivity contribution in [2.24, 2.45) is 5.92 Å². The van der Waals surface area contributed by atoms with Crippen molar-refractivity contribution in [3.05, 3.63) is 35.9 Å². The highest BCUT2D eigenvalue weighted by molar-refractivity contribution is 8.11. The van der Waals surface area contributed by atoms with Gasteiger partial charge in [-0.05, 0) is 12.0 Å². The average Bonchev–Trinajstić information content (AvgIpc) is 2.80. The molecule has 2 heterocycles. The Morgan fingerprint density at radius 2 is 2.05 bits per heavy atom. The number of hydrogen-bond acceptors (Lipinski definition) is 4. The van der Waals surface area contributed by atoms with Gasteiger partial charge >= 0.3 is 5.97 Å². The first-order valence-corrected chi connectivity index (χ1v) is 7.48. The van der Waals surface area contributed by atoms with Crippen molar-refractivity contribution < 1.29 is 14.7 Å². The fraction of sp³-hybridized carbons (Fsp3) is 0.385. The van der Waals surface area contributed by atoms with Crippen LogP contribution in [0.15, 0.2) is 30.3 Å². The minimum Gasteiger partial charge on any atom is -0.480 e. The van der Waals surface area contributed by atoms with Crippen LogP contribution in [0.1, 0.15) is 5.56 Å². The Morgan fingerprint density at radius 1 is 1.37 bits per heavy atom. The van der Waals surface area contributed by atoms with Crippen LogP contribution in [-0.4, -0.2) is 37.9 Å². The van der Waals surface area contributed by atoms with Gasteiger partial charge in [-0.2, -0.15) is 0 Å². The number of benzene rings is 1. The van der Waals surface area contributed by atoms with Crippen LogP contribution in [0.3, 0.4) is 0 Å². The first-order valence-electron chi connectivity index (χ1n) is 6.02. The Morgan fingerprint density at radius 3 is 2.68 bits per heavy atom. The van der Waals surface area contributed by atoms with Gasteiger partial charge in [0.1, 0.15) is 10.7 Å². The normalized spacial score (nSPS) is 32.9. The van der Waals surface area contributed by atoms with E-state index in [9.17, 15) is 14.7 Å². The predicted octanol–water partition coefficient (Wildman–Crippen LogP) is 1.47. The number of amides is 1. The zero-order valence-electron chi connectivity index (χ0n) is 9.97. The van der Waals surface area contributed by atoms with Crippen molar-refractivity contribution in [3.63, 3.8) is 0 Å². The molecular formula is C13H13NO3S2. The summed E-state index contributed by atoms with van der Waals surface area (Å²) in [6.45, 7) is 0. The van der Waals surface area contributed by atoms with Crippen molar-refractivity contribution in [3.8, 4) is 0 Å². The summed E-state index contributed by atoms with van der Waals surface area (Å²) in [4.78, 5) is 24.9. The van der Waals surface area contributed by atoms with Crippen LogP contribution in [0.2, 0.25) is 0 Å². The molecule has 0 aromatic heterocycles. The van der Waals surface area contributed by atoms with Crippen molar-refractivity contribution in [2.45, 2.75) is 22.4 Å². The molecule has 4 atom stereocenters. The van der Waals surface area contributed by atoms with E-state index in [2.05, 4.69) is 12.6 Å². The minimum atomic E-state index is -0.934. The molecular weight excluding hydrogens is 282 g/mol. The summed E-state index contributed by atoms with van der Waals surface area (Å²) >= 11 is 5.73. The Balaban J connectivity index is 1.88. The molecule has 2 aliphatic rings. The maximum absolute atomic E-state index is 12.1. The standard InChI is InChI=1S/C13H13NO3S2/c15-11-10-8(6-7-4-2-1-3-5-7)9(12(16)17)14(11)13(18)19-10/h1-5,8-10,13,18H,6H2,(H,16,17). The average molecular weight is 295 g/mol. The minimum absolute atomic E-state index is 0.0849. The van der Waals surface area contributed by atoms with Gasteiger partial charge in [0.05, 0.1) is 5.25 Å². The maximum Gasteiger partial charge on any atom is 0.326 e. The largest absolute Gasteiger partial charge is 0.480 e. The quantitative estimate of drug-likeness (QED) is 0.829. The van der Waals surface area contributed by atoms with Crippen LogP contribution in [0.5, 0.6) is 0 Å². The zero-order valence-corrected chi connectivity index (χ0v) is 11.7. The smallest absolute Gasteiger partial charge is 0.326 e. The molecule has 0 aliphatic carbocycles. The van der Waals surface area contributed by atoms with Gasteiger partial charge in [-0.1, -0.05) is 30.3 Å².